The van der Waals surface area contributed by atoms with Crippen molar-refractivity contribution in [1.82, 2.24) is 5.32 Å². The summed E-state index contributed by atoms with van der Waals surface area (Å²) in [7, 11) is 0. The molecule has 0 aromatic heterocycles. The summed E-state index contributed by atoms with van der Waals surface area (Å²) >= 11 is 5.80. The molecule has 0 aliphatic heterocycles. The van der Waals surface area contributed by atoms with E-state index in [0.29, 0.717) is 17.3 Å². The number of hydrogen-bond acceptors (Lipinski definition) is 2. The maximum absolute atomic E-state index is 11.5. The lowest BCUT2D eigenvalue weighted by Gasteiger charge is -2.06. The van der Waals surface area contributed by atoms with E-state index in [1.807, 2.05) is 42.5 Å². The summed E-state index contributed by atoms with van der Waals surface area (Å²) in [6, 6.07) is 16.5. The molecule has 0 aliphatic carbocycles. The molecule has 0 radical (unpaired) electrons. The van der Waals surface area contributed by atoms with Crippen LogP contribution in [0.2, 0.25) is 5.02 Å². The third-order valence-electron chi connectivity index (χ3n) is 2.55. The third-order valence-corrected chi connectivity index (χ3v) is 2.80. The zero-order chi connectivity index (χ0) is 13.5. The minimum Gasteiger partial charge on any atom is -0.410 e. The number of hydrogen-bond donors (Lipinski definition) is 1. The van der Waals surface area contributed by atoms with Gasteiger partial charge in [-0.1, -0.05) is 41.9 Å². The van der Waals surface area contributed by atoms with Crippen molar-refractivity contribution in [2.75, 3.05) is 6.54 Å². The van der Waals surface area contributed by atoms with Crippen molar-refractivity contribution >= 4 is 17.7 Å². The van der Waals surface area contributed by atoms with Crippen LogP contribution < -0.4 is 10.1 Å². The predicted molar refractivity (Wildman–Crippen MR) is 75.6 cm³/mol. The Morgan fingerprint density at radius 1 is 1.05 bits per heavy atom. The van der Waals surface area contributed by atoms with E-state index in [9.17, 15) is 4.79 Å². The second kappa shape index (κ2) is 6.81. The van der Waals surface area contributed by atoms with Gasteiger partial charge in [-0.15, -0.1) is 0 Å². The summed E-state index contributed by atoms with van der Waals surface area (Å²) in [4.78, 5) is 11.5. The maximum Gasteiger partial charge on any atom is 0.412 e. The van der Waals surface area contributed by atoms with Gasteiger partial charge < -0.3 is 10.1 Å². The number of halogens is 1. The number of ether oxygens (including phenoxy) is 1. The van der Waals surface area contributed by atoms with Crippen LogP contribution in [0.4, 0.5) is 4.79 Å². The maximum atomic E-state index is 11.5. The van der Waals surface area contributed by atoms with Gasteiger partial charge >= 0.3 is 6.09 Å². The van der Waals surface area contributed by atoms with Crippen LogP contribution in [0.15, 0.2) is 54.6 Å². The molecule has 4 heteroatoms. The van der Waals surface area contributed by atoms with Gasteiger partial charge in [0.05, 0.1) is 0 Å². The molecule has 1 N–H and O–H groups in total. The fourth-order valence-electron chi connectivity index (χ4n) is 1.59. The monoisotopic (exact) mass is 275 g/mol. The minimum absolute atomic E-state index is 0.444. The van der Waals surface area contributed by atoms with Gasteiger partial charge in [-0.05, 0) is 36.2 Å². The number of nitrogens with one attached hydrogen (secondary N) is 1. The number of carbonyl (C=O) groups excluding carboxylic acids is 1. The molecule has 19 heavy (non-hydrogen) atoms. The molecule has 0 heterocycles. The number of carbonyl (C=O) groups is 1. The van der Waals surface area contributed by atoms with Gasteiger partial charge in [0.1, 0.15) is 5.75 Å². The minimum atomic E-state index is -0.444. The molecule has 0 saturated heterocycles. The molecular formula is C15H14ClNO2. The molecule has 0 atom stereocenters. The average molecular weight is 276 g/mol. The SMILES string of the molecule is O=C(NCCc1ccc(Cl)cc1)Oc1ccccc1. The predicted octanol–water partition coefficient (Wildman–Crippen LogP) is 3.67. The van der Waals surface area contributed by atoms with Gasteiger partial charge in [0.15, 0.2) is 0 Å². The van der Waals surface area contributed by atoms with E-state index in [-0.39, 0.29) is 0 Å². The average Bonchev–Trinajstić information content (AvgIpc) is 2.42. The third kappa shape index (κ3) is 4.64. The highest BCUT2D eigenvalue weighted by Gasteiger charge is 2.02. The summed E-state index contributed by atoms with van der Waals surface area (Å²) < 4.78 is 5.10. The molecule has 0 saturated carbocycles. The molecule has 0 unspecified atom stereocenters. The van der Waals surface area contributed by atoms with Gasteiger partial charge in [-0.25, -0.2) is 4.79 Å². The van der Waals surface area contributed by atoms with E-state index in [1.54, 1.807) is 12.1 Å². The van der Waals surface area contributed by atoms with Crippen molar-refractivity contribution in [2.45, 2.75) is 6.42 Å². The molecule has 0 aliphatic rings. The highest BCUT2D eigenvalue weighted by molar-refractivity contribution is 6.30. The normalized spacial score (nSPS) is 9.95. The van der Waals surface area contributed by atoms with Crippen LogP contribution in [0.25, 0.3) is 0 Å². The Hall–Kier alpha value is -2.00. The largest absolute Gasteiger partial charge is 0.412 e. The molecular weight excluding hydrogens is 262 g/mol. The van der Waals surface area contributed by atoms with Gasteiger partial charge in [-0.3, -0.25) is 0 Å². The Morgan fingerprint density at radius 2 is 1.74 bits per heavy atom. The van der Waals surface area contributed by atoms with E-state index >= 15 is 0 Å². The van der Waals surface area contributed by atoms with Crippen LogP contribution >= 0.6 is 11.6 Å². The van der Waals surface area contributed by atoms with Crippen LogP contribution in [0.5, 0.6) is 5.75 Å². The quantitative estimate of drug-likeness (QED) is 0.924. The molecule has 2 aromatic rings. The van der Waals surface area contributed by atoms with Crippen molar-refractivity contribution in [3.8, 4) is 5.75 Å². The smallest absolute Gasteiger partial charge is 0.410 e. The van der Waals surface area contributed by atoms with Crippen molar-refractivity contribution in [3.05, 3.63) is 65.2 Å². The van der Waals surface area contributed by atoms with Gasteiger partial charge in [0, 0.05) is 11.6 Å². The first-order valence-corrected chi connectivity index (χ1v) is 6.37. The first-order chi connectivity index (χ1) is 9.24. The van der Waals surface area contributed by atoms with Crippen molar-refractivity contribution in [2.24, 2.45) is 0 Å². The van der Waals surface area contributed by atoms with Crippen molar-refractivity contribution in [3.63, 3.8) is 0 Å². The van der Waals surface area contributed by atoms with Crippen LogP contribution in [-0.4, -0.2) is 12.6 Å². The Morgan fingerprint density at radius 3 is 2.42 bits per heavy atom. The molecule has 0 spiro atoms. The first-order valence-electron chi connectivity index (χ1n) is 5.99. The second-order valence-corrected chi connectivity index (χ2v) is 4.44. The number of para-hydroxylation sites is 1. The number of amides is 1. The molecule has 2 rings (SSSR count). The molecule has 0 fully saturated rings. The van der Waals surface area contributed by atoms with Crippen LogP contribution in [0.3, 0.4) is 0 Å². The molecule has 3 nitrogen and oxygen atoms in total. The summed E-state index contributed by atoms with van der Waals surface area (Å²) in [6.07, 6.45) is 0.293. The van der Waals surface area contributed by atoms with Crippen LogP contribution in [0, 0.1) is 0 Å². The van der Waals surface area contributed by atoms with Gasteiger partial charge in [0.25, 0.3) is 0 Å². The number of rotatable bonds is 4. The summed E-state index contributed by atoms with van der Waals surface area (Å²) in [5.74, 6) is 0.534. The van der Waals surface area contributed by atoms with E-state index in [4.69, 9.17) is 16.3 Å². The van der Waals surface area contributed by atoms with Crippen LogP contribution in [-0.2, 0) is 6.42 Å². The summed E-state index contributed by atoms with van der Waals surface area (Å²) in [5.41, 5.74) is 1.12. The fourth-order valence-corrected chi connectivity index (χ4v) is 1.72. The molecule has 2 aromatic carbocycles. The topological polar surface area (TPSA) is 38.3 Å². The van der Waals surface area contributed by atoms with Crippen LogP contribution in [0.1, 0.15) is 5.56 Å². The lowest BCUT2D eigenvalue weighted by molar-refractivity contribution is 0.200. The number of benzene rings is 2. The molecule has 0 bridgehead atoms. The lowest BCUT2D eigenvalue weighted by Crippen LogP contribution is -2.28. The van der Waals surface area contributed by atoms with Gasteiger partial charge in [-0.2, -0.15) is 0 Å². The zero-order valence-corrected chi connectivity index (χ0v) is 11.1. The zero-order valence-electron chi connectivity index (χ0n) is 10.3. The first kappa shape index (κ1) is 13.4. The second-order valence-electron chi connectivity index (χ2n) is 4.01. The summed E-state index contributed by atoms with van der Waals surface area (Å²) in [5, 5.41) is 3.41. The Kier molecular flexibility index (Phi) is 4.81. The Balaban J connectivity index is 1.74. The fraction of sp³-hybridized carbons (Fsp3) is 0.133. The lowest BCUT2D eigenvalue weighted by atomic mass is 10.1. The highest BCUT2D eigenvalue weighted by atomic mass is 35.5. The Labute approximate surface area is 117 Å². The van der Waals surface area contributed by atoms with E-state index in [1.165, 1.54) is 0 Å². The Bertz CT molecular complexity index is 526. The molecule has 1 amide bonds. The van der Waals surface area contributed by atoms with E-state index in [2.05, 4.69) is 5.32 Å². The van der Waals surface area contributed by atoms with Crippen molar-refractivity contribution < 1.29 is 9.53 Å². The standard InChI is InChI=1S/C15H14ClNO2/c16-13-8-6-12(7-9-13)10-11-17-15(18)19-14-4-2-1-3-5-14/h1-9H,10-11H2,(H,17,18). The summed E-state index contributed by atoms with van der Waals surface area (Å²) in [6.45, 7) is 0.521. The highest BCUT2D eigenvalue weighted by Crippen LogP contribution is 2.10. The van der Waals surface area contributed by atoms with E-state index < -0.39 is 6.09 Å². The van der Waals surface area contributed by atoms with Crippen molar-refractivity contribution in [1.29, 1.82) is 0 Å². The molecule has 98 valence electrons. The van der Waals surface area contributed by atoms with Gasteiger partial charge in [0.2, 0.25) is 0 Å². The van der Waals surface area contributed by atoms with E-state index in [0.717, 1.165) is 12.0 Å².